The zero-order valence-corrected chi connectivity index (χ0v) is 16.1. The number of halogens is 1. The molecule has 7 nitrogen and oxygen atoms in total. The van der Waals surface area contributed by atoms with Gasteiger partial charge in [0.05, 0.1) is 18.2 Å². The van der Waals surface area contributed by atoms with Crippen LogP contribution in [0.25, 0.3) is 0 Å². The van der Waals surface area contributed by atoms with Crippen LogP contribution in [0.3, 0.4) is 0 Å². The van der Waals surface area contributed by atoms with Gasteiger partial charge >= 0.3 is 0 Å². The van der Waals surface area contributed by atoms with Gasteiger partial charge in [-0.15, -0.1) is 0 Å². The van der Waals surface area contributed by atoms with Crippen molar-refractivity contribution in [1.29, 1.82) is 0 Å². The number of amides is 2. The first-order chi connectivity index (χ1) is 14.1. The molecule has 8 heteroatoms. The number of hydrogen-bond donors (Lipinski definition) is 4. The van der Waals surface area contributed by atoms with Crippen molar-refractivity contribution in [2.24, 2.45) is 5.92 Å². The van der Waals surface area contributed by atoms with Crippen LogP contribution < -0.4 is 21.5 Å². The molecule has 2 heterocycles. The van der Waals surface area contributed by atoms with Crippen molar-refractivity contribution >= 4 is 34.8 Å². The lowest BCUT2D eigenvalue weighted by atomic mass is 9.94. The number of hydrazine groups is 1. The zero-order valence-electron chi connectivity index (χ0n) is 15.3. The molecular formula is C21H19ClN4O3. The van der Waals surface area contributed by atoms with Crippen molar-refractivity contribution in [3.05, 3.63) is 83.3 Å². The Morgan fingerprint density at radius 2 is 1.66 bits per heavy atom. The predicted octanol–water partition coefficient (Wildman–Crippen LogP) is 3.59. The number of carbonyl (C=O) groups excluding carboxylic acids is 2. The SMILES string of the molecule is O=C(Nc1ccc(NC(=O)C2CNNC2c2ccc(Cl)cc2)cc1)c1ccco1. The Morgan fingerprint density at radius 3 is 2.31 bits per heavy atom. The Bertz CT molecular complexity index is 988. The van der Waals surface area contributed by atoms with Crippen molar-refractivity contribution in [3.63, 3.8) is 0 Å². The lowest BCUT2D eigenvalue weighted by Crippen LogP contribution is -2.29. The van der Waals surface area contributed by atoms with Crippen LogP contribution in [0.15, 0.2) is 71.3 Å². The minimum atomic E-state index is -0.333. The average molecular weight is 411 g/mol. The fourth-order valence-electron chi connectivity index (χ4n) is 3.20. The van der Waals surface area contributed by atoms with Gasteiger partial charge in [-0.1, -0.05) is 23.7 Å². The highest BCUT2D eigenvalue weighted by Gasteiger charge is 2.33. The van der Waals surface area contributed by atoms with E-state index in [-0.39, 0.29) is 29.5 Å². The second-order valence-electron chi connectivity index (χ2n) is 6.66. The van der Waals surface area contributed by atoms with Crippen molar-refractivity contribution in [3.8, 4) is 0 Å². The van der Waals surface area contributed by atoms with Crippen molar-refractivity contribution < 1.29 is 14.0 Å². The molecule has 0 spiro atoms. The van der Waals surface area contributed by atoms with E-state index in [1.807, 2.05) is 24.3 Å². The molecule has 1 aliphatic rings. The summed E-state index contributed by atoms with van der Waals surface area (Å²) in [5.41, 5.74) is 8.42. The molecule has 0 radical (unpaired) electrons. The Kier molecular flexibility index (Phi) is 5.62. The molecule has 1 saturated heterocycles. The maximum absolute atomic E-state index is 12.8. The van der Waals surface area contributed by atoms with Crippen LogP contribution in [0.1, 0.15) is 22.2 Å². The van der Waals surface area contributed by atoms with Gasteiger partial charge in [-0.2, -0.15) is 0 Å². The molecule has 4 N–H and O–H groups in total. The summed E-state index contributed by atoms with van der Waals surface area (Å²) < 4.78 is 5.07. The van der Waals surface area contributed by atoms with Gasteiger partial charge < -0.3 is 15.1 Å². The highest BCUT2D eigenvalue weighted by Crippen LogP contribution is 2.27. The first-order valence-electron chi connectivity index (χ1n) is 9.10. The van der Waals surface area contributed by atoms with Crippen molar-refractivity contribution in [2.45, 2.75) is 6.04 Å². The Balaban J connectivity index is 1.39. The number of carbonyl (C=O) groups is 2. The van der Waals surface area contributed by atoms with Crippen LogP contribution in [0, 0.1) is 5.92 Å². The summed E-state index contributed by atoms with van der Waals surface area (Å²) in [7, 11) is 0. The van der Waals surface area contributed by atoms with E-state index in [0.29, 0.717) is 22.9 Å². The monoisotopic (exact) mass is 410 g/mol. The van der Waals surface area contributed by atoms with E-state index >= 15 is 0 Å². The number of anilines is 2. The molecule has 1 aliphatic heterocycles. The van der Waals surface area contributed by atoms with E-state index in [4.69, 9.17) is 16.0 Å². The molecule has 29 heavy (non-hydrogen) atoms. The lowest BCUT2D eigenvalue weighted by Gasteiger charge is -2.18. The summed E-state index contributed by atoms with van der Waals surface area (Å²) in [6.45, 7) is 0.510. The number of nitrogens with one attached hydrogen (secondary N) is 4. The third-order valence-electron chi connectivity index (χ3n) is 4.70. The molecule has 0 saturated carbocycles. The normalized spacial score (nSPS) is 18.4. The third kappa shape index (κ3) is 4.48. The largest absolute Gasteiger partial charge is 0.459 e. The molecule has 2 unspecified atom stereocenters. The number of benzene rings is 2. The first kappa shape index (κ1) is 19.2. The molecule has 3 aromatic rings. The highest BCUT2D eigenvalue weighted by molar-refractivity contribution is 6.30. The van der Waals surface area contributed by atoms with E-state index in [1.165, 1.54) is 6.26 Å². The second-order valence-corrected chi connectivity index (χ2v) is 7.10. The fourth-order valence-corrected chi connectivity index (χ4v) is 3.33. The summed E-state index contributed by atoms with van der Waals surface area (Å²) in [6.07, 6.45) is 1.44. The van der Waals surface area contributed by atoms with Crippen LogP contribution in [-0.2, 0) is 4.79 Å². The van der Waals surface area contributed by atoms with Crippen LogP contribution >= 0.6 is 11.6 Å². The van der Waals surface area contributed by atoms with E-state index < -0.39 is 0 Å². The number of hydrogen-bond acceptors (Lipinski definition) is 5. The Labute approximate surface area is 172 Å². The number of furan rings is 1. The summed E-state index contributed by atoms with van der Waals surface area (Å²) >= 11 is 5.95. The van der Waals surface area contributed by atoms with Crippen LogP contribution in [0.2, 0.25) is 5.02 Å². The quantitative estimate of drug-likeness (QED) is 0.515. The highest BCUT2D eigenvalue weighted by atomic mass is 35.5. The fraction of sp³-hybridized carbons (Fsp3) is 0.143. The minimum Gasteiger partial charge on any atom is -0.459 e. The number of rotatable bonds is 5. The molecule has 2 atom stereocenters. The summed E-state index contributed by atoms with van der Waals surface area (Å²) in [5, 5.41) is 6.32. The molecule has 148 valence electrons. The summed E-state index contributed by atoms with van der Waals surface area (Å²) in [6, 6.07) is 17.4. The minimum absolute atomic E-state index is 0.102. The molecule has 0 bridgehead atoms. The van der Waals surface area contributed by atoms with Gasteiger partial charge in [0.1, 0.15) is 0 Å². The van der Waals surface area contributed by atoms with E-state index in [1.54, 1.807) is 36.4 Å². The molecule has 2 aromatic carbocycles. The summed E-state index contributed by atoms with van der Waals surface area (Å²) in [4.78, 5) is 24.8. The topological polar surface area (TPSA) is 95.4 Å². The van der Waals surface area contributed by atoms with Crippen LogP contribution in [0.4, 0.5) is 11.4 Å². The zero-order chi connectivity index (χ0) is 20.2. The molecule has 0 aliphatic carbocycles. The maximum Gasteiger partial charge on any atom is 0.291 e. The van der Waals surface area contributed by atoms with Gasteiger partial charge in [-0.25, -0.2) is 5.43 Å². The Morgan fingerprint density at radius 1 is 0.966 bits per heavy atom. The molecule has 4 rings (SSSR count). The van der Waals surface area contributed by atoms with E-state index in [9.17, 15) is 9.59 Å². The van der Waals surface area contributed by atoms with Crippen LogP contribution in [0.5, 0.6) is 0 Å². The maximum atomic E-state index is 12.8. The second kappa shape index (κ2) is 8.48. The van der Waals surface area contributed by atoms with Crippen molar-refractivity contribution in [1.82, 2.24) is 10.9 Å². The van der Waals surface area contributed by atoms with Crippen LogP contribution in [-0.4, -0.2) is 18.4 Å². The molecule has 1 aromatic heterocycles. The van der Waals surface area contributed by atoms with Gasteiger partial charge in [0.2, 0.25) is 5.91 Å². The molecular weight excluding hydrogens is 392 g/mol. The standard InChI is InChI=1S/C21H19ClN4O3/c22-14-5-3-13(4-6-14)19-17(12-23-26-19)20(27)24-15-7-9-16(10-8-15)25-21(28)18-2-1-11-29-18/h1-11,17,19,23,26H,12H2,(H,24,27)(H,25,28). The smallest absolute Gasteiger partial charge is 0.291 e. The van der Waals surface area contributed by atoms with E-state index in [0.717, 1.165) is 5.56 Å². The van der Waals surface area contributed by atoms with Gasteiger partial charge in [-0.05, 0) is 54.1 Å². The van der Waals surface area contributed by atoms with Gasteiger partial charge in [0.25, 0.3) is 5.91 Å². The van der Waals surface area contributed by atoms with Gasteiger partial charge in [0.15, 0.2) is 5.76 Å². The third-order valence-corrected chi connectivity index (χ3v) is 4.96. The van der Waals surface area contributed by atoms with Crippen molar-refractivity contribution in [2.75, 3.05) is 17.2 Å². The Hall–Kier alpha value is -3.13. The summed E-state index contributed by atoms with van der Waals surface area (Å²) in [5.74, 6) is -0.484. The predicted molar refractivity (Wildman–Crippen MR) is 111 cm³/mol. The lowest BCUT2D eigenvalue weighted by molar-refractivity contribution is -0.119. The molecule has 2 amide bonds. The van der Waals surface area contributed by atoms with E-state index in [2.05, 4.69) is 21.5 Å². The molecule has 1 fully saturated rings. The first-order valence-corrected chi connectivity index (χ1v) is 9.47. The van der Waals surface area contributed by atoms with Gasteiger partial charge in [-0.3, -0.25) is 15.0 Å². The van der Waals surface area contributed by atoms with Gasteiger partial charge in [0, 0.05) is 22.9 Å². The average Bonchev–Trinajstić information content (AvgIpc) is 3.42.